The van der Waals surface area contributed by atoms with Gasteiger partial charge in [-0.25, -0.2) is 9.97 Å². The van der Waals surface area contributed by atoms with Crippen LogP contribution in [-0.2, 0) is 22.4 Å². The van der Waals surface area contributed by atoms with Crippen LogP contribution >= 0.6 is 11.3 Å². The minimum absolute atomic E-state index is 0.0333. The summed E-state index contributed by atoms with van der Waals surface area (Å²) in [4.78, 5) is 26.5. The number of aromatic nitrogens is 2. The number of hydrogen-bond donors (Lipinski definition) is 0. The van der Waals surface area contributed by atoms with Crippen LogP contribution in [0.1, 0.15) is 48.9 Å². The second kappa shape index (κ2) is 6.90. The largest absolute Gasteiger partial charge is 0.466 e. The van der Waals surface area contributed by atoms with Gasteiger partial charge in [0.2, 0.25) is 0 Å². The highest BCUT2D eigenvalue weighted by Gasteiger charge is 2.29. The molecular weight excluding hydrogens is 334 g/mol. The SMILES string of the molecule is CCOC(=O)C1CCN(c2nc(C)nc3sc4c(c23)CCCC4)CC1. The fourth-order valence-corrected chi connectivity index (χ4v) is 5.36. The highest BCUT2D eigenvalue weighted by Crippen LogP contribution is 2.40. The number of fused-ring (bicyclic) bond motifs is 3. The third-order valence-corrected chi connectivity index (χ3v) is 6.51. The Labute approximate surface area is 152 Å². The lowest BCUT2D eigenvalue weighted by Gasteiger charge is -2.32. The van der Waals surface area contributed by atoms with Crippen LogP contribution in [0.3, 0.4) is 0 Å². The fraction of sp³-hybridized carbons (Fsp3) is 0.632. The number of anilines is 1. The molecule has 0 saturated carbocycles. The van der Waals surface area contributed by atoms with E-state index in [9.17, 15) is 4.79 Å². The molecule has 2 aliphatic rings. The van der Waals surface area contributed by atoms with E-state index < -0.39 is 0 Å². The molecule has 134 valence electrons. The number of hydrogen-bond acceptors (Lipinski definition) is 6. The monoisotopic (exact) mass is 359 g/mol. The average Bonchev–Trinajstić information content (AvgIpc) is 2.99. The molecule has 2 aromatic heterocycles. The molecular formula is C19H25N3O2S. The number of carbonyl (C=O) groups excluding carboxylic acids is 1. The number of piperidine rings is 1. The molecule has 3 heterocycles. The van der Waals surface area contributed by atoms with Crippen LogP contribution in [0.15, 0.2) is 0 Å². The normalized spacial score (nSPS) is 18.4. The minimum atomic E-state index is -0.0425. The summed E-state index contributed by atoms with van der Waals surface area (Å²) in [7, 11) is 0. The lowest BCUT2D eigenvalue weighted by Crippen LogP contribution is -2.37. The van der Waals surface area contributed by atoms with E-state index in [0.29, 0.717) is 6.61 Å². The van der Waals surface area contributed by atoms with Crippen molar-refractivity contribution in [3.8, 4) is 0 Å². The summed E-state index contributed by atoms with van der Waals surface area (Å²) < 4.78 is 5.19. The number of carbonyl (C=O) groups is 1. The van der Waals surface area contributed by atoms with Crippen molar-refractivity contribution in [3.05, 3.63) is 16.3 Å². The molecule has 2 aromatic rings. The summed E-state index contributed by atoms with van der Waals surface area (Å²) >= 11 is 1.85. The zero-order chi connectivity index (χ0) is 17.4. The Hall–Kier alpha value is -1.69. The summed E-state index contributed by atoms with van der Waals surface area (Å²) in [6.07, 6.45) is 6.56. The highest BCUT2D eigenvalue weighted by molar-refractivity contribution is 7.19. The van der Waals surface area contributed by atoms with Gasteiger partial charge in [0.05, 0.1) is 17.9 Å². The molecule has 5 nitrogen and oxygen atoms in total. The maximum Gasteiger partial charge on any atom is 0.309 e. The Kier molecular flexibility index (Phi) is 4.63. The molecule has 1 saturated heterocycles. The van der Waals surface area contributed by atoms with Crippen LogP contribution in [0, 0.1) is 12.8 Å². The molecule has 0 aromatic carbocycles. The van der Waals surface area contributed by atoms with Gasteiger partial charge in [0.1, 0.15) is 16.5 Å². The molecule has 1 aliphatic carbocycles. The van der Waals surface area contributed by atoms with E-state index in [-0.39, 0.29) is 11.9 Å². The Morgan fingerprint density at radius 3 is 2.76 bits per heavy atom. The fourth-order valence-electron chi connectivity index (χ4n) is 4.06. The van der Waals surface area contributed by atoms with Crippen LogP contribution in [0.25, 0.3) is 10.2 Å². The van der Waals surface area contributed by atoms with E-state index in [2.05, 4.69) is 4.90 Å². The first-order chi connectivity index (χ1) is 12.2. The van der Waals surface area contributed by atoms with Crippen molar-refractivity contribution in [3.63, 3.8) is 0 Å². The van der Waals surface area contributed by atoms with Gasteiger partial charge in [-0.3, -0.25) is 4.79 Å². The van der Waals surface area contributed by atoms with Gasteiger partial charge in [-0.05, 0) is 57.9 Å². The smallest absolute Gasteiger partial charge is 0.309 e. The molecule has 1 fully saturated rings. The Morgan fingerprint density at radius 2 is 2.00 bits per heavy atom. The number of rotatable bonds is 3. The van der Waals surface area contributed by atoms with Crippen LogP contribution in [0.4, 0.5) is 5.82 Å². The number of ether oxygens (including phenoxy) is 1. The Bertz CT molecular complexity index is 794. The standard InChI is InChI=1S/C19H25N3O2S/c1-3-24-19(23)13-8-10-22(11-9-13)17-16-14-6-4-5-7-15(14)25-18(16)21-12(2)20-17/h13H,3-11H2,1-2H3. The van der Waals surface area contributed by atoms with Gasteiger partial charge >= 0.3 is 5.97 Å². The molecule has 4 rings (SSSR count). The van der Waals surface area contributed by atoms with Crippen molar-refractivity contribution >= 4 is 33.3 Å². The second-order valence-electron chi connectivity index (χ2n) is 7.00. The first-order valence-corrected chi connectivity index (χ1v) is 10.2. The second-order valence-corrected chi connectivity index (χ2v) is 8.08. The minimum Gasteiger partial charge on any atom is -0.466 e. The molecule has 6 heteroatoms. The maximum atomic E-state index is 12.0. The highest BCUT2D eigenvalue weighted by atomic mass is 32.1. The van der Waals surface area contributed by atoms with Crippen molar-refractivity contribution in [1.29, 1.82) is 0 Å². The molecule has 0 N–H and O–H groups in total. The van der Waals surface area contributed by atoms with Crippen LogP contribution in [0.5, 0.6) is 0 Å². The summed E-state index contributed by atoms with van der Waals surface area (Å²) in [5.41, 5.74) is 1.48. The third kappa shape index (κ3) is 3.12. The first-order valence-electron chi connectivity index (χ1n) is 9.38. The summed E-state index contributed by atoms with van der Waals surface area (Å²) in [5, 5.41) is 1.28. The van der Waals surface area contributed by atoms with E-state index in [1.54, 1.807) is 0 Å². The van der Waals surface area contributed by atoms with Crippen LogP contribution in [0.2, 0.25) is 0 Å². The maximum absolute atomic E-state index is 12.0. The van der Waals surface area contributed by atoms with Gasteiger partial charge in [0, 0.05) is 18.0 Å². The third-order valence-electron chi connectivity index (χ3n) is 5.32. The quantitative estimate of drug-likeness (QED) is 0.783. The zero-order valence-corrected chi connectivity index (χ0v) is 15.8. The molecule has 0 bridgehead atoms. The van der Waals surface area contributed by atoms with Gasteiger partial charge in [-0.15, -0.1) is 11.3 Å². The van der Waals surface area contributed by atoms with Gasteiger partial charge in [-0.2, -0.15) is 0 Å². The molecule has 0 atom stereocenters. The van der Waals surface area contributed by atoms with E-state index in [0.717, 1.165) is 48.8 Å². The van der Waals surface area contributed by atoms with Crippen LogP contribution < -0.4 is 4.90 Å². The van der Waals surface area contributed by atoms with E-state index in [1.807, 2.05) is 25.2 Å². The predicted octanol–water partition coefficient (Wildman–Crippen LogP) is 3.66. The summed E-state index contributed by atoms with van der Waals surface area (Å²) in [6, 6.07) is 0. The van der Waals surface area contributed by atoms with Crippen molar-refractivity contribution in [2.24, 2.45) is 5.92 Å². The van der Waals surface area contributed by atoms with E-state index in [4.69, 9.17) is 14.7 Å². The Morgan fingerprint density at radius 1 is 1.24 bits per heavy atom. The molecule has 0 unspecified atom stereocenters. The van der Waals surface area contributed by atoms with Gasteiger partial charge in [-0.1, -0.05) is 0 Å². The number of esters is 1. The molecule has 25 heavy (non-hydrogen) atoms. The molecule has 0 spiro atoms. The van der Waals surface area contributed by atoms with Gasteiger partial charge < -0.3 is 9.64 Å². The van der Waals surface area contributed by atoms with Gasteiger partial charge in [0.25, 0.3) is 0 Å². The lowest BCUT2D eigenvalue weighted by atomic mass is 9.95. The van der Waals surface area contributed by atoms with Crippen molar-refractivity contribution in [2.75, 3.05) is 24.6 Å². The Balaban J connectivity index is 1.63. The summed E-state index contributed by atoms with van der Waals surface area (Å²) in [6.45, 7) is 6.03. The average molecular weight is 359 g/mol. The number of thiophene rings is 1. The van der Waals surface area contributed by atoms with Gasteiger partial charge in [0.15, 0.2) is 0 Å². The van der Waals surface area contributed by atoms with Crippen molar-refractivity contribution in [2.45, 2.75) is 52.4 Å². The zero-order valence-electron chi connectivity index (χ0n) is 15.0. The topological polar surface area (TPSA) is 55.3 Å². The predicted molar refractivity (Wildman–Crippen MR) is 100 cm³/mol. The molecule has 1 aliphatic heterocycles. The van der Waals surface area contributed by atoms with Crippen molar-refractivity contribution in [1.82, 2.24) is 9.97 Å². The first kappa shape index (κ1) is 16.8. The number of nitrogens with zero attached hydrogens (tertiary/aromatic N) is 3. The van der Waals surface area contributed by atoms with Crippen molar-refractivity contribution < 1.29 is 9.53 Å². The van der Waals surface area contributed by atoms with E-state index in [1.165, 1.54) is 35.1 Å². The molecule has 0 radical (unpaired) electrons. The summed E-state index contributed by atoms with van der Waals surface area (Å²) in [5.74, 6) is 1.92. The number of aryl methyl sites for hydroxylation is 3. The molecule has 0 amide bonds. The lowest BCUT2D eigenvalue weighted by molar-refractivity contribution is -0.148. The van der Waals surface area contributed by atoms with E-state index >= 15 is 0 Å². The van der Waals surface area contributed by atoms with Crippen LogP contribution in [-0.4, -0.2) is 35.6 Å².